The van der Waals surface area contributed by atoms with Crippen molar-refractivity contribution < 1.29 is 43.7 Å². The molecule has 0 bridgehead atoms. The molecule has 4 aromatic rings. The second kappa shape index (κ2) is 11.3. The third-order valence-electron chi connectivity index (χ3n) is 6.62. The molecule has 0 aromatic heterocycles. The van der Waals surface area contributed by atoms with Gasteiger partial charge in [-0.25, -0.2) is 16.9 Å². The molecule has 0 saturated carbocycles. The largest absolute Gasteiger partial charge is 0.495 e. The molecule has 1 N–H and O–H groups in total. The topological polar surface area (TPSA) is 111 Å². The highest BCUT2D eigenvalue weighted by Crippen LogP contribution is 2.51. The van der Waals surface area contributed by atoms with E-state index < -0.39 is 42.6 Å². The molecule has 0 radical (unpaired) electrons. The number of fused-ring (bicyclic) bond motifs is 1. The molecular weight excluding hydrogens is 668 g/mol. The Morgan fingerprint density at radius 1 is 0.773 bits per heavy atom. The van der Waals surface area contributed by atoms with Crippen LogP contribution in [-0.2, 0) is 36.3 Å². The number of halogens is 5. The zero-order valence-electron chi connectivity index (χ0n) is 22.6. The van der Waals surface area contributed by atoms with Crippen LogP contribution in [0.25, 0.3) is 0 Å². The molecule has 1 aliphatic rings. The number of hydrogen-bond acceptors (Lipinski definition) is 8. The first-order chi connectivity index (χ1) is 20.6. The molecule has 9 nitrogen and oxygen atoms in total. The van der Waals surface area contributed by atoms with E-state index in [-0.39, 0.29) is 43.4 Å². The van der Waals surface area contributed by atoms with E-state index in [0.717, 1.165) is 36.4 Å². The van der Waals surface area contributed by atoms with Crippen molar-refractivity contribution in [3.63, 3.8) is 0 Å². The number of rotatable bonds is 8. The van der Waals surface area contributed by atoms with Crippen LogP contribution in [0.3, 0.4) is 0 Å². The summed E-state index contributed by atoms with van der Waals surface area (Å²) in [4.78, 5) is -0.865. The predicted octanol–water partition coefficient (Wildman–Crippen LogP) is 6.87. The Hall–Kier alpha value is -3.69. The van der Waals surface area contributed by atoms with Gasteiger partial charge in [0, 0.05) is 17.7 Å². The van der Waals surface area contributed by atoms with Gasteiger partial charge in [0.2, 0.25) is 0 Å². The number of sulfonamides is 1. The van der Waals surface area contributed by atoms with Crippen LogP contribution in [-0.4, -0.2) is 31.1 Å². The van der Waals surface area contributed by atoms with Crippen LogP contribution in [0.4, 0.5) is 24.5 Å². The van der Waals surface area contributed by atoms with E-state index in [1.54, 1.807) is 6.07 Å². The lowest BCUT2D eigenvalue weighted by Gasteiger charge is -2.38. The van der Waals surface area contributed by atoms with Crippen LogP contribution in [0.15, 0.2) is 94.7 Å². The van der Waals surface area contributed by atoms with E-state index in [2.05, 4.69) is 5.32 Å². The summed E-state index contributed by atoms with van der Waals surface area (Å²) in [6.07, 6.45) is -4.74. The number of methoxy groups -OCH3 is 2. The van der Waals surface area contributed by atoms with Crippen LogP contribution < -0.4 is 19.1 Å². The maximum absolute atomic E-state index is 14.5. The molecule has 0 fully saturated rings. The molecule has 232 valence electrons. The first kappa shape index (κ1) is 31.7. The maximum Gasteiger partial charge on any atom is 0.416 e. The SMILES string of the molecule is COc1cc(S(=O)(=O)O[C@]2(c3ccc(C(F)(F)F)cc3)Nc3ccccc3N2S(=O)(=O)c2ccc(Cl)c(OC)c2)ccc1Cl. The minimum Gasteiger partial charge on any atom is -0.495 e. The van der Waals surface area contributed by atoms with Crippen molar-refractivity contribution in [1.29, 1.82) is 0 Å². The molecule has 4 aromatic carbocycles. The maximum atomic E-state index is 14.5. The first-order valence-electron chi connectivity index (χ1n) is 12.4. The number of nitrogens with one attached hydrogen (secondary N) is 1. The van der Waals surface area contributed by atoms with E-state index in [1.807, 2.05) is 0 Å². The number of para-hydroxylation sites is 2. The van der Waals surface area contributed by atoms with Crippen LogP contribution in [0.1, 0.15) is 11.1 Å². The smallest absolute Gasteiger partial charge is 0.416 e. The van der Waals surface area contributed by atoms with Crippen molar-refractivity contribution in [1.82, 2.24) is 0 Å². The Kier molecular flexibility index (Phi) is 8.18. The summed E-state index contributed by atoms with van der Waals surface area (Å²) in [7, 11) is -7.19. The highest BCUT2D eigenvalue weighted by Gasteiger charge is 2.56. The lowest BCUT2D eigenvalue weighted by atomic mass is 10.1. The third-order valence-corrected chi connectivity index (χ3v) is 10.3. The number of benzene rings is 4. The second-order valence-corrected chi connectivity index (χ2v) is 13.4. The zero-order chi connectivity index (χ0) is 32.1. The number of anilines is 2. The van der Waals surface area contributed by atoms with E-state index in [9.17, 15) is 30.0 Å². The highest BCUT2D eigenvalue weighted by atomic mass is 35.5. The first-order valence-corrected chi connectivity index (χ1v) is 16.0. The molecule has 0 unspecified atom stereocenters. The molecule has 16 heteroatoms. The van der Waals surface area contributed by atoms with Gasteiger partial charge in [-0.15, -0.1) is 0 Å². The Balaban J connectivity index is 1.79. The lowest BCUT2D eigenvalue weighted by Crippen LogP contribution is -2.54. The quantitative estimate of drug-likeness (QED) is 0.200. The summed E-state index contributed by atoms with van der Waals surface area (Å²) in [6.45, 7) is 0. The summed E-state index contributed by atoms with van der Waals surface area (Å²) in [5, 5.41) is 2.98. The number of ether oxygens (including phenoxy) is 2. The van der Waals surface area contributed by atoms with Gasteiger partial charge in [-0.3, -0.25) is 0 Å². The van der Waals surface area contributed by atoms with Crippen LogP contribution in [0.5, 0.6) is 11.5 Å². The van der Waals surface area contributed by atoms with Gasteiger partial charge >= 0.3 is 16.3 Å². The Morgan fingerprint density at radius 3 is 1.89 bits per heavy atom. The van der Waals surface area contributed by atoms with Gasteiger partial charge in [0.1, 0.15) is 11.5 Å². The fraction of sp³-hybridized carbons (Fsp3) is 0.143. The molecule has 0 aliphatic carbocycles. The van der Waals surface area contributed by atoms with Crippen LogP contribution in [0.2, 0.25) is 10.0 Å². The average molecular weight is 690 g/mol. The molecule has 5 rings (SSSR count). The molecule has 44 heavy (non-hydrogen) atoms. The number of alkyl halides is 3. The standard InChI is InChI=1S/C28H21Cl2F3N2O7S2/c1-40-25-15-19(11-13-21(25)29)43(36,37)35-24-6-4-3-5-23(24)34-28(35,18-9-7-17(8-10-18)27(31,32)33)42-44(38,39)20-12-14-22(30)26(16-20)41-2/h3-16,34H,1-2H3/t28-/m1/s1. The summed E-state index contributed by atoms with van der Waals surface area (Å²) >= 11 is 12.2. The fourth-order valence-corrected chi connectivity index (χ4v) is 7.74. The molecule has 0 spiro atoms. The second-order valence-electron chi connectivity index (χ2n) is 9.26. The van der Waals surface area contributed by atoms with Crippen molar-refractivity contribution >= 4 is 54.7 Å². The Bertz CT molecular complexity index is 1960. The van der Waals surface area contributed by atoms with Gasteiger partial charge < -0.3 is 14.8 Å². The Morgan fingerprint density at radius 2 is 1.32 bits per heavy atom. The fourth-order valence-electron chi connectivity index (χ4n) is 4.54. The number of hydrogen-bond donors (Lipinski definition) is 1. The Labute approximate surface area is 260 Å². The molecule has 0 saturated heterocycles. The van der Waals surface area contributed by atoms with Gasteiger partial charge in [0.25, 0.3) is 15.9 Å². The van der Waals surface area contributed by atoms with E-state index in [4.69, 9.17) is 36.9 Å². The number of nitrogens with zero attached hydrogens (tertiary/aromatic N) is 1. The summed E-state index contributed by atoms with van der Waals surface area (Å²) < 4.78 is 114. The average Bonchev–Trinajstić information content (AvgIpc) is 3.32. The van der Waals surface area contributed by atoms with Gasteiger partial charge in [-0.05, 0) is 48.5 Å². The lowest BCUT2D eigenvalue weighted by molar-refractivity contribution is -0.137. The molecule has 1 atom stereocenters. The van der Waals surface area contributed by atoms with Crippen molar-refractivity contribution in [3.05, 3.63) is 106 Å². The summed E-state index contributed by atoms with van der Waals surface area (Å²) in [5.74, 6) is -2.71. The van der Waals surface area contributed by atoms with Gasteiger partial charge in [0.05, 0.1) is 51.0 Å². The third kappa shape index (κ3) is 5.52. The van der Waals surface area contributed by atoms with Crippen molar-refractivity contribution in [3.8, 4) is 11.5 Å². The zero-order valence-corrected chi connectivity index (χ0v) is 25.7. The van der Waals surface area contributed by atoms with Gasteiger partial charge in [-0.1, -0.05) is 47.5 Å². The van der Waals surface area contributed by atoms with Crippen LogP contribution in [0, 0.1) is 0 Å². The normalized spacial score (nSPS) is 16.8. The van der Waals surface area contributed by atoms with Gasteiger partial charge in [0.15, 0.2) is 0 Å². The van der Waals surface area contributed by atoms with Crippen molar-refractivity contribution in [2.45, 2.75) is 21.8 Å². The molecule has 0 amide bonds. The molecule has 1 aliphatic heterocycles. The minimum atomic E-state index is -4.93. The molecule has 1 heterocycles. The van der Waals surface area contributed by atoms with E-state index in [1.165, 1.54) is 44.6 Å². The van der Waals surface area contributed by atoms with Crippen molar-refractivity contribution in [2.75, 3.05) is 23.8 Å². The van der Waals surface area contributed by atoms with Crippen LogP contribution >= 0.6 is 23.2 Å². The predicted molar refractivity (Wildman–Crippen MR) is 157 cm³/mol. The summed E-state index contributed by atoms with van der Waals surface area (Å²) in [6, 6.07) is 16.0. The van der Waals surface area contributed by atoms with Gasteiger partial charge in [-0.2, -0.15) is 21.6 Å². The highest BCUT2D eigenvalue weighted by molar-refractivity contribution is 7.93. The summed E-state index contributed by atoms with van der Waals surface area (Å²) in [5.41, 5.74) is -1.32. The molecular formula is C28H21Cl2F3N2O7S2. The minimum absolute atomic E-state index is 0.00453. The van der Waals surface area contributed by atoms with E-state index in [0.29, 0.717) is 16.4 Å². The van der Waals surface area contributed by atoms with Crippen molar-refractivity contribution in [2.24, 2.45) is 0 Å². The monoisotopic (exact) mass is 688 g/mol. The van der Waals surface area contributed by atoms with E-state index >= 15 is 0 Å².